The van der Waals surface area contributed by atoms with Gasteiger partial charge in [0.25, 0.3) is 5.91 Å². The fourth-order valence-corrected chi connectivity index (χ4v) is 5.74. The van der Waals surface area contributed by atoms with Crippen LogP contribution in [0.3, 0.4) is 0 Å². The fraction of sp³-hybridized carbons (Fsp3) is 0.727. The van der Waals surface area contributed by atoms with Gasteiger partial charge in [0, 0.05) is 25.3 Å². The van der Waals surface area contributed by atoms with E-state index in [1.807, 2.05) is 12.1 Å². The second-order valence-corrected chi connectivity index (χ2v) is 9.70. The van der Waals surface area contributed by atoms with E-state index < -0.39 is 0 Å². The van der Waals surface area contributed by atoms with Gasteiger partial charge in [0.2, 0.25) is 0 Å². The van der Waals surface area contributed by atoms with E-state index in [1.54, 1.807) is 6.20 Å². The Bertz CT molecular complexity index is 707. The van der Waals surface area contributed by atoms with Gasteiger partial charge < -0.3 is 15.0 Å². The van der Waals surface area contributed by atoms with Crippen LogP contribution in [-0.2, 0) is 4.74 Å². The van der Waals surface area contributed by atoms with E-state index >= 15 is 0 Å². The predicted molar refractivity (Wildman–Crippen MR) is 107 cm³/mol. The molecule has 3 aliphatic rings. The lowest BCUT2D eigenvalue weighted by Crippen LogP contribution is -2.47. The maximum Gasteiger partial charge on any atom is 0.253 e. The maximum absolute atomic E-state index is 12.8. The van der Waals surface area contributed by atoms with Crippen LogP contribution in [0.25, 0.3) is 0 Å². The molecule has 1 aliphatic heterocycles. The smallest absolute Gasteiger partial charge is 0.253 e. The Labute approximate surface area is 162 Å². The molecule has 2 heterocycles. The number of rotatable bonds is 3. The highest BCUT2D eigenvalue weighted by molar-refractivity contribution is 5.94. The monoisotopic (exact) mass is 371 g/mol. The first-order chi connectivity index (χ1) is 12.7. The molecule has 27 heavy (non-hydrogen) atoms. The lowest BCUT2D eigenvalue weighted by atomic mass is 9.69. The standard InChI is InChI=1S/C22H33N3O2/c1-14-12-25(13-15(2)27-14)19-7-6-16(11-23-19)20(26)24-18-10-17-8-9-22(18,5)21(17,3)4/h6-7,11,14-15,17-18H,8-10,12-13H2,1-5H3,(H,24,26)/t14-,15-,17-,18+,22-/m1/s1. The number of nitrogens with one attached hydrogen (secondary N) is 1. The zero-order valence-corrected chi connectivity index (χ0v) is 17.3. The number of fused-ring (bicyclic) bond motifs is 2. The molecular weight excluding hydrogens is 338 g/mol. The van der Waals surface area contributed by atoms with Crippen LogP contribution < -0.4 is 10.2 Å². The Balaban J connectivity index is 1.43. The van der Waals surface area contributed by atoms with Crippen LogP contribution >= 0.6 is 0 Å². The number of morpholine rings is 1. The van der Waals surface area contributed by atoms with Crippen molar-refractivity contribution in [2.45, 2.75) is 72.1 Å². The summed E-state index contributed by atoms with van der Waals surface area (Å²) in [5, 5.41) is 3.32. The largest absolute Gasteiger partial charge is 0.372 e. The van der Waals surface area contributed by atoms with Crippen LogP contribution in [-0.4, -0.2) is 42.2 Å². The number of carbonyl (C=O) groups excluding carboxylic acids is 1. The molecule has 148 valence electrons. The van der Waals surface area contributed by atoms with Gasteiger partial charge in [0.05, 0.1) is 17.8 Å². The van der Waals surface area contributed by atoms with Gasteiger partial charge in [-0.15, -0.1) is 0 Å². The zero-order valence-electron chi connectivity index (χ0n) is 17.3. The highest BCUT2D eigenvalue weighted by atomic mass is 16.5. The second-order valence-electron chi connectivity index (χ2n) is 9.70. The lowest BCUT2D eigenvalue weighted by molar-refractivity contribution is -0.00546. The summed E-state index contributed by atoms with van der Waals surface area (Å²) in [6.07, 6.45) is 5.71. The van der Waals surface area contributed by atoms with Crippen molar-refractivity contribution in [1.82, 2.24) is 10.3 Å². The molecule has 1 aromatic heterocycles. The number of pyridine rings is 1. The van der Waals surface area contributed by atoms with E-state index in [9.17, 15) is 4.79 Å². The van der Waals surface area contributed by atoms with Crippen molar-refractivity contribution in [3.05, 3.63) is 23.9 Å². The van der Waals surface area contributed by atoms with E-state index in [-0.39, 0.29) is 29.6 Å². The van der Waals surface area contributed by atoms with Crippen molar-refractivity contribution in [3.8, 4) is 0 Å². The molecular formula is C22H33N3O2. The molecule has 1 saturated heterocycles. The molecule has 2 saturated carbocycles. The minimum Gasteiger partial charge on any atom is -0.372 e. The molecule has 0 unspecified atom stereocenters. The highest BCUT2D eigenvalue weighted by Gasteiger charge is 2.61. The number of hydrogen-bond acceptors (Lipinski definition) is 4. The summed E-state index contributed by atoms with van der Waals surface area (Å²) in [4.78, 5) is 19.6. The van der Waals surface area contributed by atoms with Gasteiger partial charge in [-0.25, -0.2) is 4.98 Å². The fourth-order valence-electron chi connectivity index (χ4n) is 5.74. The maximum atomic E-state index is 12.8. The normalized spacial score (nSPS) is 37.4. The zero-order chi connectivity index (χ0) is 19.4. The Morgan fingerprint density at radius 1 is 1.22 bits per heavy atom. The first-order valence-corrected chi connectivity index (χ1v) is 10.4. The van der Waals surface area contributed by atoms with Crippen LogP contribution in [0.4, 0.5) is 5.82 Å². The summed E-state index contributed by atoms with van der Waals surface area (Å²) in [5.74, 6) is 1.65. The number of nitrogens with zero attached hydrogens (tertiary/aromatic N) is 2. The number of aromatic nitrogens is 1. The predicted octanol–water partition coefficient (Wildman–Crippen LogP) is 3.64. The number of amides is 1. The SMILES string of the molecule is C[C@@H]1CN(c2ccc(C(=O)N[C@H]3C[C@H]4CC[C@@]3(C)C4(C)C)cn2)C[C@@H](C)O1. The molecule has 5 atom stereocenters. The summed E-state index contributed by atoms with van der Waals surface area (Å²) in [6, 6.07) is 4.13. The number of ether oxygens (including phenoxy) is 1. The Kier molecular flexibility index (Phi) is 4.49. The van der Waals surface area contributed by atoms with Gasteiger partial charge >= 0.3 is 0 Å². The number of carbonyl (C=O) groups is 1. The molecule has 1 N–H and O–H groups in total. The third kappa shape index (κ3) is 3.04. The number of hydrogen-bond donors (Lipinski definition) is 1. The minimum absolute atomic E-state index is 0.00680. The first-order valence-electron chi connectivity index (χ1n) is 10.4. The van der Waals surface area contributed by atoms with Crippen LogP contribution in [0.2, 0.25) is 0 Å². The van der Waals surface area contributed by atoms with Crippen molar-refractivity contribution in [2.24, 2.45) is 16.7 Å². The molecule has 2 aliphatic carbocycles. The molecule has 2 bridgehead atoms. The molecule has 5 nitrogen and oxygen atoms in total. The lowest BCUT2D eigenvalue weighted by Gasteiger charge is -2.39. The first kappa shape index (κ1) is 18.7. The average Bonchev–Trinajstić information content (AvgIpc) is 2.94. The van der Waals surface area contributed by atoms with Crippen molar-refractivity contribution in [1.29, 1.82) is 0 Å². The number of anilines is 1. The summed E-state index contributed by atoms with van der Waals surface area (Å²) in [6.45, 7) is 12.9. The van der Waals surface area contributed by atoms with E-state index in [1.165, 1.54) is 12.8 Å². The van der Waals surface area contributed by atoms with E-state index in [4.69, 9.17) is 4.74 Å². The van der Waals surface area contributed by atoms with Crippen molar-refractivity contribution in [3.63, 3.8) is 0 Å². The molecule has 4 rings (SSSR count). The molecule has 5 heteroatoms. The summed E-state index contributed by atoms with van der Waals surface area (Å²) >= 11 is 0. The van der Waals surface area contributed by atoms with Crippen molar-refractivity contribution in [2.75, 3.05) is 18.0 Å². The van der Waals surface area contributed by atoms with E-state index in [2.05, 4.69) is 49.8 Å². The van der Waals surface area contributed by atoms with Crippen LogP contribution in [0.1, 0.15) is 64.2 Å². The van der Waals surface area contributed by atoms with Crippen molar-refractivity contribution >= 4 is 11.7 Å². The third-order valence-electron chi connectivity index (χ3n) is 7.85. The van der Waals surface area contributed by atoms with Gasteiger partial charge in [-0.2, -0.15) is 0 Å². The average molecular weight is 372 g/mol. The molecule has 0 radical (unpaired) electrons. The summed E-state index contributed by atoms with van der Waals surface area (Å²) in [7, 11) is 0. The molecule has 1 aromatic rings. The van der Waals surface area contributed by atoms with Gasteiger partial charge in [0.1, 0.15) is 5.82 Å². The quantitative estimate of drug-likeness (QED) is 0.881. The molecule has 0 spiro atoms. The van der Waals surface area contributed by atoms with Gasteiger partial charge in [-0.3, -0.25) is 4.79 Å². The summed E-state index contributed by atoms with van der Waals surface area (Å²) < 4.78 is 5.79. The van der Waals surface area contributed by atoms with E-state index in [0.717, 1.165) is 31.2 Å². The van der Waals surface area contributed by atoms with E-state index in [0.29, 0.717) is 11.0 Å². The Hall–Kier alpha value is -1.62. The Morgan fingerprint density at radius 2 is 1.93 bits per heavy atom. The van der Waals surface area contributed by atoms with Crippen LogP contribution in [0.5, 0.6) is 0 Å². The molecule has 0 aromatic carbocycles. The van der Waals surface area contributed by atoms with Gasteiger partial charge in [-0.05, 0) is 62.0 Å². The third-order valence-corrected chi connectivity index (χ3v) is 7.85. The molecule has 1 amide bonds. The topological polar surface area (TPSA) is 54.5 Å². The summed E-state index contributed by atoms with van der Waals surface area (Å²) in [5.41, 5.74) is 1.15. The highest BCUT2D eigenvalue weighted by Crippen LogP contribution is 2.65. The minimum atomic E-state index is 0.00680. The van der Waals surface area contributed by atoms with Crippen molar-refractivity contribution < 1.29 is 9.53 Å². The van der Waals surface area contributed by atoms with Gasteiger partial charge in [-0.1, -0.05) is 20.8 Å². The van der Waals surface area contributed by atoms with Gasteiger partial charge in [0.15, 0.2) is 0 Å². The van der Waals surface area contributed by atoms with Crippen LogP contribution in [0.15, 0.2) is 18.3 Å². The second kappa shape index (κ2) is 6.47. The Morgan fingerprint density at radius 3 is 2.44 bits per heavy atom. The van der Waals surface area contributed by atoms with Crippen LogP contribution in [0, 0.1) is 16.7 Å². The molecule has 3 fully saturated rings.